The molecule has 3 aromatic heterocycles. The Morgan fingerprint density at radius 1 is 0.625 bits per heavy atom. The van der Waals surface area contributed by atoms with Gasteiger partial charge in [0, 0.05) is 70.0 Å². The van der Waals surface area contributed by atoms with Gasteiger partial charge in [-0.05, 0) is 131 Å². The van der Waals surface area contributed by atoms with Gasteiger partial charge in [-0.15, -0.1) is 0 Å². The largest absolute Gasteiger partial charge is 0.347 e. The lowest BCUT2D eigenvalue weighted by molar-refractivity contribution is 0.581. The van der Waals surface area contributed by atoms with Gasteiger partial charge in [0.2, 0.25) is 11.9 Å². The zero-order valence-electron chi connectivity index (χ0n) is 40.9. The summed E-state index contributed by atoms with van der Waals surface area (Å²) in [6.45, 7) is 28.8. The van der Waals surface area contributed by atoms with Gasteiger partial charge in [-0.3, -0.25) is 0 Å². The molecule has 0 saturated carbocycles. The number of aromatic nitrogens is 5. The zero-order valence-corrected chi connectivity index (χ0v) is 42.7. The highest BCUT2D eigenvalue weighted by Crippen LogP contribution is 2.41. The molecule has 344 valence electrons. The summed E-state index contributed by atoms with van der Waals surface area (Å²) >= 11 is 0. The molecule has 7 rings (SSSR count). The fraction of sp³-hybridized carbons (Fsp3) is 0.346. The van der Waals surface area contributed by atoms with Crippen LogP contribution >= 0.6 is 14.3 Å². The van der Waals surface area contributed by atoms with Crippen LogP contribution in [-0.2, 0) is 21.8 Å². The van der Waals surface area contributed by atoms with Crippen molar-refractivity contribution in [2.45, 2.75) is 88.4 Å². The number of nitrogens with zero attached hydrogens (tertiary/aromatic N) is 5. The molecule has 0 unspecified atom stereocenters. The molecule has 0 amide bonds. The van der Waals surface area contributed by atoms with Crippen LogP contribution in [0.15, 0.2) is 122 Å². The van der Waals surface area contributed by atoms with E-state index < -0.39 is 14.3 Å². The number of anilines is 4. The molecular weight excluding hydrogens is 831 g/mol. The Kier molecular flexibility index (Phi) is 23.7. The summed E-state index contributed by atoms with van der Waals surface area (Å²) in [5.41, 5.74) is 15.7. The minimum Gasteiger partial charge on any atom is -0.347 e. The number of rotatable bonds is 12. The maximum absolute atomic E-state index is 13.0. The Morgan fingerprint density at radius 3 is 1.67 bits per heavy atom. The zero-order chi connectivity index (χ0) is 47.9. The molecule has 0 aliphatic carbocycles. The van der Waals surface area contributed by atoms with Crippen LogP contribution in [0.5, 0.6) is 0 Å². The summed E-state index contributed by atoms with van der Waals surface area (Å²) in [4.78, 5) is 18.1. The number of benzene rings is 4. The van der Waals surface area contributed by atoms with Crippen molar-refractivity contribution >= 4 is 53.8 Å². The topological polar surface area (TPSA) is 141 Å². The molecule has 4 N–H and O–H groups in total. The van der Waals surface area contributed by atoms with Crippen molar-refractivity contribution in [3.8, 4) is 22.5 Å². The second-order valence-corrected chi connectivity index (χ2v) is 21.6. The summed E-state index contributed by atoms with van der Waals surface area (Å²) < 4.78 is 27.2. The highest BCUT2D eigenvalue weighted by molar-refractivity contribution is 7.70. The molecule has 0 aliphatic rings. The number of fused-ring (bicyclic) bond motifs is 1. The van der Waals surface area contributed by atoms with Gasteiger partial charge in [0.05, 0.1) is 18.5 Å². The smallest absolute Gasteiger partial charge is 0.227 e. The highest BCUT2D eigenvalue weighted by Gasteiger charge is 2.18. The van der Waals surface area contributed by atoms with Crippen LogP contribution < -0.4 is 21.7 Å². The fourth-order valence-electron chi connectivity index (χ4n) is 6.38. The van der Waals surface area contributed by atoms with Crippen molar-refractivity contribution in [3.63, 3.8) is 0 Å². The summed E-state index contributed by atoms with van der Waals surface area (Å²) in [6.07, 6.45) is 7.05. The van der Waals surface area contributed by atoms with Crippen LogP contribution in [0.3, 0.4) is 0 Å². The predicted octanol–water partition coefficient (Wildman–Crippen LogP) is 14.2. The second-order valence-electron chi connectivity index (χ2n) is 14.9. The van der Waals surface area contributed by atoms with Gasteiger partial charge in [0.15, 0.2) is 0 Å². The first-order valence-electron chi connectivity index (χ1n) is 22.6. The van der Waals surface area contributed by atoms with Crippen molar-refractivity contribution in [2.24, 2.45) is 5.73 Å². The molecular formula is C52H74N8O2P2. The Hall–Kier alpha value is -5.40. The molecule has 3 heterocycles. The molecule has 10 nitrogen and oxygen atoms in total. The summed E-state index contributed by atoms with van der Waals surface area (Å²) in [7, 11) is -4.56. The van der Waals surface area contributed by atoms with Crippen molar-refractivity contribution in [2.75, 3.05) is 43.8 Å². The standard InChI is InChI=1S/C24H28N5OP.C20H22N3OP.4C2H6/c1-17-6-4-7-18(14-17)27-24-26-11-8-22(28-24)21-15-19(31(2,3)30)16-23-20(21)9-13-29(23)12-5-10-25;1-15-6-4-9-18(12-15)22-20-21-11-10-19(23-20)17-8-5-7-16(13-17)14-25(2,3)24;4*1-2/h4,6-9,11,13-16H,5,10,12,25H2,1-3H3,(H,26,27,28);4-13H,14H2,1-3H3,(H,21,22,23);4*1-2H3. The van der Waals surface area contributed by atoms with E-state index in [1.807, 2.05) is 161 Å². The van der Waals surface area contributed by atoms with Crippen LogP contribution in [0.2, 0.25) is 0 Å². The van der Waals surface area contributed by atoms with Crippen LogP contribution in [-0.4, -0.2) is 57.7 Å². The van der Waals surface area contributed by atoms with Gasteiger partial charge in [-0.1, -0.05) is 97.9 Å². The Balaban J connectivity index is 0.000000387. The van der Waals surface area contributed by atoms with E-state index in [1.54, 1.807) is 25.7 Å². The van der Waals surface area contributed by atoms with E-state index in [-0.39, 0.29) is 0 Å². The molecule has 0 aliphatic heterocycles. The number of hydrogen-bond donors (Lipinski definition) is 3. The van der Waals surface area contributed by atoms with E-state index in [0.717, 1.165) is 74.2 Å². The second kappa shape index (κ2) is 27.7. The number of hydrogen-bond acceptors (Lipinski definition) is 9. The number of aryl methyl sites for hydroxylation is 3. The Bertz CT molecular complexity index is 2560. The van der Waals surface area contributed by atoms with Crippen molar-refractivity contribution < 1.29 is 9.13 Å². The molecule has 0 spiro atoms. The van der Waals surface area contributed by atoms with Gasteiger partial charge in [0.1, 0.15) is 7.14 Å². The summed E-state index contributed by atoms with van der Waals surface area (Å²) in [6, 6.07) is 34.2. The van der Waals surface area contributed by atoms with Gasteiger partial charge in [0.25, 0.3) is 0 Å². The highest BCUT2D eigenvalue weighted by atomic mass is 31.2. The van der Waals surface area contributed by atoms with E-state index in [9.17, 15) is 9.13 Å². The lowest BCUT2D eigenvalue weighted by Crippen LogP contribution is -2.08. The monoisotopic (exact) mass is 905 g/mol. The molecule has 0 bridgehead atoms. The molecule has 0 saturated heterocycles. The third kappa shape index (κ3) is 17.3. The maximum Gasteiger partial charge on any atom is 0.227 e. The van der Waals surface area contributed by atoms with Crippen LogP contribution in [0.25, 0.3) is 33.4 Å². The third-order valence-corrected chi connectivity index (χ3v) is 11.6. The molecule has 12 heteroatoms. The lowest BCUT2D eigenvalue weighted by Gasteiger charge is -2.14. The number of nitrogens with two attached hydrogens (primary N) is 1. The molecule has 64 heavy (non-hydrogen) atoms. The number of nitrogens with one attached hydrogen (secondary N) is 2. The Labute approximate surface area is 384 Å². The Morgan fingerprint density at radius 2 is 1.16 bits per heavy atom. The van der Waals surface area contributed by atoms with Gasteiger partial charge >= 0.3 is 0 Å². The fourth-order valence-corrected chi connectivity index (χ4v) is 8.33. The van der Waals surface area contributed by atoms with E-state index in [1.165, 1.54) is 5.56 Å². The van der Waals surface area contributed by atoms with E-state index in [4.69, 9.17) is 10.7 Å². The van der Waals surface area contributed by atoms with Crippen LogP contribution in [0, 0.1) is 13.8 Å². The summed E-state index contributed by atoms with van der Waals surface area (Å²) in [5, 5.41) is 8.45. The first kappa shape index (κ1) is 54.7. The van der Waals surface area contributed by atoms with Crippen molar-refractivity contribution in [1.82, 2.24) is 24.5 Å². The quantitative estimate of drug-likeness (QED) is 0.102. The summed E-state index contributed by atoms with van der Waals surface area (Å²) in [5.74, 6) is 1.09. The van der Waals surface area contributed by atoms with E-state index in [0.29, 0.717) is 24.6 Å². The van der Waals surface area contributed by atoms with Crippen molar-refractivity contribution in [1.29, 1.82) is 0 Å². The molecule has 0 fully saturated rings. The first-order chi connectivity index (χ1) is 30.7. The van der Waals surface area contributed by atoms with Gasteiger partial charge in [-0.25, -0.2) is 19.9 Å². The molecule has 0 radical (unpaired) electrons. The molecule has 0 atom stereocenters. The third-order valence-electron chi connectivity index (χ3n) is 9.02. The minimum absolute atomic E-state index is 0.528. The maximum atomic E-state index is 13.0. The van der Waals surface area contributed by atoms with E-state index >= 15 is 0 Å². The minimum atomic E-state index is -2.46. The average Bonchev–Trinajstić information content (AvgIpc) is 3.71. The average molecular weight is 905 g/mol. The predicted molar refractivity (Wildman–Crippen MR) is 281 cm³/mol. The normalized spacial score (nSPS) is 10.5. The molecule has 7 aromatic rings. The van der Waals surface area contributed by atoms with Gasteiger partial charge < -0.3 is 30.1 Å². The van der Waals surface area contributed by atoms with Gasteiger partial charge in [-0.2, -0.15) is 0 Å². The van der Waals surface area contributed by atoms with Crippen LogP contribution in [0.1, 0.15) is 78.5 Å². The van der Waals surface area contributed by atoms with Crippen LogP contribution in [0.4, 0.5) is 23.3 Å². The van der Waals surface area contributed by atoms with Crippen molar-refractivity contribution in [3.05, 3.63) is 138 Å². The molecule has 4 aromatic carbocycles. The lowest BCUT2D eigenvalue weighted by atomic mass is 10.1. The SMILES string of the molecule is CC.CC.CC.CC.Cc1cccc(Nc2nccc(-c3cc(P(C)(C)=O)cc4c3ccn4CCCN)n2)c1.Cc1cccc(Nc2nccc(-c3cccc(CP(C)(C)=O)c3)n2)c1. The van der Waals surface area contributed by atoms with E-state index in [2.05, 4.69) is 60.6 Å². The first-order valence-corrected chi connectivity index (χ1v) is 28.0.